The third-order valence-corrected chi connectivity index (χ3v) is 3.44. The average Bonchev–Trinajstić information content (AvgIpc) is 3.05. The van der Waals surface area contributed by atoms with E-state index in [1.807, 2.05) is 54.6 Å². The van der Waals surface area contributed by atoms with Gasteiger partial charge in [0, 0.05) is 23.7 Å². The Balaban J connectivity index is 1.60. The second kappa shape index (κ2) is 6.41. The number of hydrogen-bond donors (Lipinski definition) is 2. The van der Waals surface area contributed by atoms with Crippen LogP contribution in [0.15, 0.2) is 54.6 Å². The van der Waals surface area contributed by atoms with Crippen molar-refractivity contribution in [1.82, 2.24) is 0 Å². The van der Waals surface area contributed by atoms with Crippen LogP contribution in [0.1, 0.15) is 12.8 Å². The normalized spacial score (nSPS) is 17.4. The molecule has 21 heavy (non-hydrogen) atoms. The lowest BCUT2D eigenvalue weighted by molar-refractivity contribution is -0.124. The average molecular weight is 282 g/mol. The van der Waals surface area contributed by atoms with Crippen molar-refractivity contribution in [2.24, 2.45) is 0 Å². The molecular formula is C17H18N2O2. The molecule has 2 aromatic rings. The molecule has 1 saturated heterocycles. The Labute approximate surface area is 124 Å². The van der Waals surface area contributed by atoms with Crippen molar-refractivity contribution in [1.29, 1.82) is 0 Å². The molecule has 0 unspecified atom stereocenters. The van der Waals surface area contributed by atoms with Crippen LogP contribution in [0.5, 0.6) is 0 Å². The standard InChI is InChI=1S/C17H18N2O2/c20-17(16-7-4-12-21-16)19-15-10-8-14(9-11-15)18-13-5-2-1-3-6-13/h1-3,5-6,8-11,16,18H,4,7,12H2,(H,19,20)/t16-/m1/s1. The Morgan fingerprint density at radius 3 is 2.29 bits per heavy atom. The van der Waals surface area contributed by atoms with Gasteiger partial charge in [-0.3, -0.25) is 4.79 Å². The van der Waals surface area contributed by atoms with E-state index < -0.39 is 0 Å². The van der Waals surface area contributed by atoms with Crippen molar-refractivity contribution in [2.75, 3.05) is 17.2 Å². The number of carbonyl (C=O) groups excluding carboxylic acids is 1. The zero-order valence-corrected chi connectivity index (χ0v) is 11.7. The molecule has 4 heteroatoms. The lowest BCUT2D eigenvalue weighted by Crippen LogP contribution is -2.26. The maximum absolute atomic E-state index is 11.9. The first-order valence-corrected chi connectivity index (χ1v) is 7.16. The van der Waals surface area contributed by atoms with Crippen LogP contribution in [0.3, 0.4) is 0 Å². The van der Waals surface area contributed by atoms with Gasteiger partial charge in [0.1, 0.15) is 6.10 Å². The van der Waals surface area contributed by atoms with Crippen molar-refractivity contribution in [2.45, 2.75) is 18.9 Å². The number of para-hydroxylation sites is 1. The predicted octanol–water partition coefficient (Wildman–Crippen LogP) is 3.55. The summed E-state index contributed by atoms with van der Waals surface area (Å²) < 4.78 is 5.37. The molecule has 4 nitrogen and oxygen atoms in total. The summed E-state index contributed by atoms with van der Waals surface area (Å²) in [6.07, 6.45) is 1.46. The Hall–Kier alpha value is -2.33. The summed E-state index contributed by atoms with van der Waals surface area (Å²) in [6, 6.07) is 17.6. The summed E-state index contributed by atoms with van der Waals surface area (Å²) in [5, 5.41) is 6.19. The zero-order valence-electron chi connectivity index (χ0n) is 11.7. The summed E-state index contributed by atoms with van der Waals surface area (Å²) in [6.45, 7) is 0.679. The van der Waals surface area contributed by atoms with Crippen LogP contribution in [-0.4, -0.2) is 18.6 Å². The van der Waals surface area contributed by atoms with Crippen molar-refractivity contribution in [3.63, 3.8) is 0 Å². The minimum Gasteiger partial charge on any atom is -0.368 e. The van der Waals surface area contributed by atoms with Gasteiger partial charge >= 0.3 is 0 Å². The minimum absolute atomic E-state index is 0.0590. The summed E-state index contributed by atoms with van der Waals surface area (Å²) >= 11 is 0. The van der Waals surface area contributed by atoms with Gasteiger partial charge < -0.3 is 15.4 Å². The highest BCUT2D eigenvalue weighted by atomic mass is 16.5. The summed E-state index contributed by atoms with van der Waals surface area (Å²) in [5.41, 5.74) is 2.80. The van der Waals surface area contributed by atoms with Crippen LogP contribution in [0.25, 0.3) is 0 Å². The number of rotatable bonds is 4. The molecule has 0 bridgehead atoms. The highest BCUT2D eigenvalue weighted by Gasteiger charge is 2.23. The molecule has 1 atom stereocenters. The molecule has 1 aliphatic heterocycles. The van der Waals surface area contributed by atoms with Gasteiger partial charge in [0.05, 0.1) is 0 Å². The number of nitrogens with one attached hydrogen (secondary N) is 2. The molecular weight excluding hydrogens is 264 g/mol. The molecule has 0 aliphatic carbocycles. The monoisotopic (exact) mass is 282 g/mol. The van der Waals surface area contributed by atoms with Crippen molar-refractivity contribution in [3.05, 3.63) is 54.6 Å². The number of amides is 1. The van der Waals surface area contributed by atoms with Crippen LogP contribution in [0.2, 0.25) is 0 Å². The second-order valence-electron chi connectivity index (χ2n) is 5.06. The maximum atomic E-state index is 11.9. The summed E-state index contributed by atoms with van der Waals surface area (Å²) in [7, 11) is 0. The molecule has 0 saturated carbocycles. The van der Waals surface area contributed by atoms with Gasteiger partial charge in [0.2, 0.25) is 0 Å². The van der Waals surface area contributed by atoms with Crippen molar-refractivity contribution >= 4 is 23.0 Å². The van der Waals surface area contributed by atoms with Gasteiger partial charge in [0.15, 0.2) is 0 Å². The Morgan fingerprint density at radius 2 is 1.62 bits per heavy atom. The third-order valence-electron chi connectivity index (χ3n) is 3.44. The van der Waals surface area contributed by atoms with Crippen LogP contribution in [-0.2, 0) is 9.53 Å². The minimum atomic E-state index is -0.299. The molecule has 1 amide bonds. The molecule has 3 rings (SSSR count). The Morgan fingerprint density at radius 1 is 0.952 bits per heavy atom. The number of anilines is 3. The SMILES string of the molecule is O=C(Nc1ccc(Nc2ccccc2)cc1)[C@H]1CCCO1. The van der Waals surface area contributed by atoms with E-state index in [4.69, 9.17) is 4.74 Å². The fourth-order valence-electron chi connectivity index (χ4n) is 2.33. The van der Waals surface area contributed by atoms with Gasteiger partial charge in [-0.15, -0.1) is 0 Å². The first kappa shape index (κ1) is 13.6. The van der Waals surface area contributed by atoms with E-state index in [1.54, 1.807) is 0 Å². The van der Waals surface area contributed by atoms with Crippen LogP contribution >= 0.6 is 0 Å². The quantitative estimate of drug-likeness (QED) is 0.901. The highest BCUT2D eigenvalue weighted by molar-refractivity contribution is 5.94. The topological polar surface area (TPSA) is 50.4 Å². The van der Waals surface area contributed by atoms with E-state index in [0.29, 0.717) is 6.61 Å². The van der Waals surface area contributed by atoms with Crippen molar-refractivity contribution in [3.8, 4) is 0 Å². The fraction of sp³-hybridized carbons (Fsp3) is 0.235. The first-order chi connectivity index (χ1) is 10.3. The number of ether oxygens (including phenoxy) is 1. The molecule has 2 aromatic carbocycles. The van der Waals surface area contributed by atoms with E-state index in [0.717, 1.165) is 29.9 Å². The molecule has 0 radical (unpaired) electrons. The third kappa shape index (κ3) is 3.61. The first-order valence-electron chi connectivity index (χ1n) is 7.16. The lowest BCUT2D eigenvalue weighted by atomic mass is 10.2. The van der Waals surface area contributed by atoms with Gasteiger partial charge in [-0.1, -0.05) is 18.2 Å². The summed E-state index contributed by atoms with van der Waals surface area (Å²) in [4.78, 5) is 11.9. The van der Waals surface area contributed by atoms with Gasteiger partial charge in [-0.25, -0.2) is 0 Å². The number of benzene rings is 2. The zero-order chi connectivity index (χ0) is 14.5. The van der Waals surface area contributed by atoms with E-state index in [2.05, 4.69) is 10.6 Å². The smallest absolute Gasteiger partial charge is 0.253 e. The Bertz CT molecular complexity index is 590. The summed E-state index contributed by atoms with van der Waals surface area (Å²) in [5.74, 6) is -0.0590. The van der Waals surface area contributed by atoms with E-state index in [-0.39, 0.29) is 12.0 Å². The second-order valence-corrected chi connectivity index (χ2v) is 5.06. The van der Waals surface area contributed by atoms with Crippen LogP contribution in [0, 0.1) is 0 Å². The van der Waals surface area contributed by atoms with Gasteiger partial charge in [0.25, 0.3) is 5.91 Å². The van der Waals surface area contributed by atoms with Gasteiger partial charge in [-0.05, 0) is 49.2 Å². The van der Waals surface area contributed by atoms with Gasteiger partial charge in [-0.2, -0.15) is 0 Å². The molecule has 0 aromatic heterocycles. The fourth-order valence-corrected chi connectivity index (χ4v) is 2.33. The largest absolute Gasteiger partial charge is 0.368 e. The molecule has 1 fully saturated rings. The van der Waals surface area contributed by atoms with E-state index in [9.17, 15) is 4.79 Å². The number of hydrogen-bond acceptors (Lipinski definition) is 3. The molecule has 0 spiro atoms. The molecule has 1 aliphatic rings. The molecule has 2 N–H and O–H groups in total. The highest BCUT2D eigenvalue weighted by Crippen LogP contribution is 2.20. The van der Waals surface area contributed by atoms with Crippen LogP contribution in [0.4, 0.5) is 17.1 Å². The van der Waals surface area contributed by atoms with Crippen molar-refractivity contribution < 1.29 is 9.53 Å². The lowest BCUT2D eigenvalue weighted by Gasteiger charge is -2.11. The van der Waals surface area contributed by atoms with E-state index >= 15 is 0 Å². The predicted molar refractivity (Wildman–Crippen MR) is 83.8 cm³/mol. The Kier molecular flexibility index (Phi) is 4.17. The maximum Gasteiger partial charge on any atom is 0.253 e. The molecule has 108 valence electrons. The molecule has 1 heterocycles. The number of carbonyl (C=O) groups is 1. The van der Waals surface area contributed by atoms with Crippen LogP contribution < -0.4 is 10.6 Å². The van der Waals surface area contributed by atoms with E-state index in [1.165, 1.54) is 0 Å².